The lowest BCUT2D eigenvalue weighted by Crippen LogP contribution is -2.05. The van der Waals surface area contributed by atoms with Crippen LogP contribution < -0.4 is 4.74 Å². The molecule has 2 aromatic rings. The highest BCUT2D eigenvalue weighted by atomic mass is 16.5. The molecule has 2 aromatic carbocycles. The molecule has 0 aliphatic heterocycles. The second kappa shape index (κ2) is 10.0. The molecule has 0 aliphatic rings. The summed E-state index contributed by atoms with van der Waals surface area (Å²) in [5.74, 6) is 0.0979. The molecule has 0 heterocycles. The van der Waals surface area contributed by atoms with Gasteiger partial charge in [-0.3, -0.25) is 4.79 Å². The summed E-state index contributed by atoms with van der Waals surface area (Å²) in [6.07, 6.45) is 3.76. The molecule has 0 aliphatic carbocycles. The summed E-state index contributed by atoms with van der Waals surface area (Å²) in [6, 6.07) is 12.0. The van der Waals surface area contributed by atoms with E-state index in [1.807, 2.05) is 12.1 Å². The number of hydrogen-bond acceptors (Lipinski definition) is 6. The zero-order valence-corrected chi connectivity index (χ0v) is 15.3. The number of phenols is 1. The minimum Gasteiger partial charge on any atom is -0.504 e. The SMILES string of the molecule is CCOC(=O)CCc1ccc(Oc2cc(/C=C/C(=O)OC)ccc2O)cc1. The first-order chi connectivity index (χ1) is 13.0. The van der Waals surface area contributed by atoms with Crippen molar-refractivity contribution in [2.45, 2.75) is 19.8 Å². The number of benzene rings is 2. The van der Waals surface area contributed by atoms with E-state index in [1.54, 1.807) is 37.3 Å². The van der Waals surface area contributed by atoms with Gasteiger partial charge in [0.05, 0.1) is 13.7 Å². The highest BCUT2D eigenvalue weighted by Crippen LogP contribution is 2.32. The molecule has 142 valence electrons. The number of hydrogen-bond donors (Lipinski definition) is 1. The van der Waals surface area contributed by atoms with Gasteiger partial charge in [0.2, 0.25) is 0 Å². The van der Waals surface area contributed by atoms with Gasteiger partial charge in [-0.15, -0.1) is 0 Å². The lowest BCUT2D eigenvalue weighted by molar-refractivity contribution is -0.143. The van der Waals surface area contributed by atoms with Crippen LogP contribution in [-0.2, 0) is 25.5 Å². The van der Waals surface area contributed by atoms with Crippen LogP contribution in [0.3, 0.4) is 0 Å². The molecule has 0 unspecified atom stereocenters. The lowest BCUT2D eigenvalue weighted by atomic mass is 10.1. The van der Waals surface area contributed by atoms with E-state index in [2.05, 4.69) is 4.74 Å². The van der Waals surface area contributed by atoms with Crippen molar-refractivity contribution in [1.29, 1.82) is 0 Å². The minimum atomic E-state index is -0.469. The molecule has 0 amide bonds. The Hall–Kier alpha value is -3.28. The van der Waals surface area contributed by atoms with Gasteiger partial charge >= 0.3 is 11.9 Å². The summed E-state index contributed by atoms with van der Waals surface area (Å²) < 4.78 is 15.2. The van der Waals surface area contributed by atoms with Crippen molar-refractivity contribution >= 4 is 18.0 Å². The number of aromatic hydroxyl groups is 1. The van der Waals surface area contributed by atoms with E-state index in [4.69, 9.17) is 9.47 Å². The molecular formula is C21H22O6. The summed E-state index contributed by atoms with van der Waals surface area (Å²) in [7, 11) is 1.30. The van der Waals surface area contributed by atoms with Crippen molar-refractivity contribution in [2.24, 2.45) is 0 Å². The average Bonchev–Trinajstić information content (AvgIpc) is 2.68. The third-order valence-electron chi connectivity index (χ3n) is 3.67. The van der Waals surface area contributed by atoms with E-state index >= 15 is 0 Å². The first kappa shape index (κ1) is 20.0. The van der Waals surface area contributed by atoms with Crippen molar-refractivity contribution in [3.05, 3.63) is 59.7 Å². The smallest absolute Gasteiger partial charge is 0.330 e. The number of carbonyl (C=O) groups is 2. The Labute approximate surface area is 158 Å². The van der Waals surface area contributed by atoms with Crippen molar-refractivity contribution < 1.29 is 28.9 Å². The summed E-state index contributed by atoms with van der Waals surface area (Å²) >= 11 is 0. The Morgan fingerprint density at radius 3 is 2.52 bits per heavy atom. The molecule has 0 saturated heterocycles. The van der Waals surface area contributed by atoms with Gasteiger partial charge in [-0.25, -0.2) is 4.79 Å². The van der Waals surface area contributed by atoms with Crippen molar-refractivity contribution in [3.63, 3.8) is 0 Å². The maximum atomic E-state index is 11.4. The highest BCUT2D eigenvalue weighted by Gasteiger charge is 2.07. The van der Waals surface area contributed by atoms with Gasteiger partial charge in [0, 0.05) is 12.5 Å². The van der Waals surface area contributed by atoms with Crippen LogP contribution in [0.15, 0.2) is 48.5 Å². The van der Waals surface area contributed by atoms with Gasteiger partial charge in [0.15, 0.2) is 11.5 Å². The zero-order valence-electron chi connectivity index (χ0n) is 15.3. The normalized spacial score (nSPS) is 10.6. The molecule has 0 aromatic heterocycles. The fourth-order valence-electron chi connectivity index (χ4n) is 2.28. The third kappa shape index (κ3) is 6.51. The van der Waals surface area contributed by atoms with E-state index in [1.165, 1.54) is 19.3 Å². The molecule has 1 N–H and O–H groups in total. The van der Waals surface area contributed by atoms with Crippen LogP contribution >= 0.6 is 0 Å². The first-order valence-electron chi connectivity index (χ1n) is 8.53. The molecule has 6 heteroatoms. The molecule has 0 atom stereocenters. The fraction of sp³-hybridized carbons (Fsp3) is 0.238. The van der Waals surface area contributed by atoms with Crippen LogP contribution in [0.5, 0.6) is 17.2 Å². The highest BCUT2D eigenvalue weighted by molar-refractivity contribution is 5.87. The van der Waals surface area contributed by atoms with E-state index in [0.29, 0.717) is 30.8 Å². The van der Waals surface area contributed by atoms with Crippen LogP contribution in [0.25, 0.3) is 6.08 Å². The number of phenolic OH excluding ortho intramolecular Hbond substituents is 1. The number of methoxy groups -OCH3 is 1. The number of aryl methyl sites for hydroxylation is 1. The quantitative estimate of drug-likeness (QED) is 0.561. The van der Waals surface area contributed by atoms with Crippen molar-refractivity contribution in [2.75, 3.05) is 13.7 Å². The lowest BCUT2D eigenvalue weighted by Gasteiger charge is -2.09. The van der Waals surface area contributed by atoms with E-state index in [9.17, 15) is 14.7 Å². The summed E-state index contributed by atoms with van der Waals surface area (Å²) in [6.45, 7) is 2.16. The molecule has 0 bridgehead atoms. The Morgan fingerprint density at radius 2 is 1.85 bits per heavy atom. The second-order valence-corrected chi connectivity index (χ2v) is 5.63. The maximum Gasteiger partial charge on any atom is 0.330 e. The molecule has 27 heavy (non-hydrogen) atoms. The second-order valence-electron chi connectivity index (χ2n) is 5.63. The van der Waals surface area contributed by atoms with Crippen molar-refractivity contribution in [1.82, 2.24) is 0 Å². The topological polar surface area (TPSA) is 82.1 Å². The Morgan fingerprint density at radius 1 is 1.11 bits per heavy atom. The monoisotopic (exact) mass is 370 g/mol. The van der Waals surface area contributed by atoms with Crippen LogP contribution in [-0.4, -0.2) is 30.8 Å². The minimum absolute atomic E-state index is 0.0170. The summed E-state index contributed by atoms with van der Waals surface area (Å²) in [5.41, 5.74) is 1.66. The predicted molar refractivity (Wildman–Crippen MR) is 101 cm³/mol. The van der Waals surface area contributed by atoms with E-state index < -0.39 is 5.97 Å². The molecule has 2 rings (SSSR count). The van der Waals surface area contributed by atoms with Gasteiger partial charge in [0.25, 0.3) is 0 Å². The molecule has 6 nitrogen and oxygen atoms in total. The van der Waals surface area contributed by atoms with Gasteiger partial charge in [-0.1, -0.05) is 18.2 Å². The number of ether oxygens (including phenoxy) is 3. The molecule has 0 fully saturated rings. The molecular weight excluding hydrogens is 348 g/mol. The van der Waals surface area contributed by atoms with Crippen LogP contribution in [0, 0.1) is 0 Å². The maximum absolute atomic E-state index is 11.4. The van der Waals surface area contributed by atoms with E-state index in [0.717, 1.165) is 5.56 Å². The summed E-state index contributed by atoms with van der Waals surface area (Å²) in [4.78, 5) is 22.6. The average molecular weight is 370 g/mol. The van der Waals surface area contributed by atoms with Crippen molar-refractivity contribution in [3.8, 4) is 17.2 Å². The largest absolute Gasteiger partial charge is 0.504 e. The molecule has 0 saturated carbocycles. The van der Waals surface area contributed by atoms with Crippen LogP contribution in [0.1, 0.15) is 24.5 Å². The van der Waals surface area contributed by atoms with Gasteiger partial charge in [-0.2, -0.15) is 0 Å². The number of carbonyl (C=O) groups excluding carboxylic acids is 2. The summed E-state index contributed by atoms with van der Waals surface area (Å²) in [5, 5.41) is 9.98. The standard InChI is InChI=1S/C21H22O6/c1-3-26-21(24)13-7-15-4-9-17(10-5-15)27-19-14-16(6-11-18(19)22)8-12-20(23)25-2/h4-6,8-12,14,22H,3,7,13H2,1-2H3/b12-8+. The molecule has 0 spiro atoms. The van der Waals surface area contributed by atoms with Gasteiger partial charge < -0.3 is 19.3 Å². The van der Waals surface area contributed by atoms with Gasteiger partial charge in [0.1, 0.15) is 5.75 Å². The number of rotatable bonds is 8. The Kier molecular flexibility index (Phi) is 7.43. The first-order valence-corrected chi connectivity index (χ1v) is 8.53. The Balaban J connectivity index is 2.03. The zero-order chi connectivity index (χ0) is 19.6. The third-order valence-corrected chi connectivity index (χ3v) is 3.67. The Bertz CT molecular complexity index is 808. The van der Waals surface area contributed by atoms with Crippen LogP contribution in [0.2, 0.25) is 0 Å². The fourth-order valence-corrected chi connectivity index (χ4v) is 2.28. The van der Waals surface area contributed by atoms with Crippen LogP contribution in [0.4, 0.5) is 0 Å². The van der Waals surface area contributed by atoms with E-state index in [-0.39, 0.29) is 17.5 Å². The van der Waals surface area contributed by atoms with Gasteiger partial charge in [-0.05, 0) is 54.8 Å². The molecule has 0 radical (unpaired) electrons. The number of esters is 2. The predicted octanol–water partition coefficient (Wildman–Crippen LogP) is 3.87.